The zero-order valence-electron chi connectivity index (χ0n) is 11.9. The third kappa shape index (κ3) is 4.50. The summed E-state index contributed by atoms with van der Waals surface area (Å²) >= 11 is 0. The van der Waals surface area contributed by atoms with E-state index in [1.165, 1.54) is 42.7 Å². The summed E-state index contributed by atoms with van der Waals surface area (Å²) in [7, 11) is -0.735. The van der Waals surface area contributed by atoms with Crippen LogP contribution in [-0.2, 0) is 14.9 Å². The molecule has 1 aromatic rings. The lowest BCUT2D eigenvalue weighted by atomic mass is 10.2. The molecule has 0 aliphatic carbocycles. The van der Waals surface area contributed by atoms with Crippen LogP contribution in [0.2, 0.25) is 0 Å². The number of rotatable bonds is 7. The van der Waals surface area contributed by atoms with Gasteiger partial charge in [-0.2, -0.15) is 12.7 Å². The monoisotopic (exact) mass is 300 g/mol. The fourth-order valence-electron chi connectivity index (χ4n) is 1.52. The van der Waals surface area contributed by atoms with E-state index >= 15 is 0 Å². The van der Waals surface area contributed by atoms with Gasteiger partial charge in [0.05, 0.1) is 12.7 Å². The molecule has 6 nitrogen and oxygen atoms in total. The van der Waals surface area contributed by atoms with Gasteiger partial charge in [0, 0.05) is 19.3 Å². The van der Waals surface area contributed by atoms with Crippen LogP contribution in [0.25, 0.3) is 0 Å². The zero-order valence-corrected chi connectivity index (χ0v) is 12.7. The number of carbonyl (C=O) groups is 1. The molecule has 0 unspecified atom stereocenters. The van der Waals surface area contributed by atoms with Gasteiger partial charge >= 0.3 is 16.2 Å². The van der Waals surface area contributed by atoms with E-state index in [1.54, 1.807) is 0 Å². The number of methoxy groups -OCH3 is 1. The first-order chi connectivity index (χ1) is 9.40. The lowest BCUT2D eigenvalue weighted by Crippen LogP contribution is -2.33. The Hall–Kier alpha value is -1.60. The lowest BCUT2D eigenvalue weighted by Gasteiger charge is -2.18. The first-order valence-corrected chi connectivity index (χ1v) is 7.77. The maximum atomic E-state index is 12.0. The molecule has 0 radical (unpaired) electrons. The van der Waals surface area contributed by atoms with E-state index in [0.717, 1.165) is 12.8 Å². The van der Waals surface area contributed by atoms with Crippen molar-refractivity contribution >= 4 is 21.9 Å². The van der Waals surface area contributed by atoms with Crippen molar-refractivity contribution in [1.82, 2.24) is 4.31 Å². The van der Waals surface area contributed by atoms with Crippen LogP contribution < -0.4 is 4.72 Å². The molecule has 112 valence electrons. The van der Waals surface area contributed by atoms with E-state index in [1.807, 2.05) is 6.92 Å². The Morgan fingerprint density at radius 1 is 1.30 bits per heavy atom. The molecule has 0 aromatic heterocycles. The third-order valence-electron chi connectivity index (χ3n) is 2.79. The predicted molar refractivity (Wildman–Crippen MR) is 77.9 cm³/mol. The summed E-state index contributed by atoms with van der Waals surface area (Å²) in [5, 5.41) is 0. The Bertz CT molecular complexity index is 540. The standard InChI is InChI=1S/C13H20N2O4S/c1-4-5-10-15(2)20(17,18)14-12-8-6-11(7-9-12)13(16)19-3/h6-9,14H,4-5,10H2,1-3H3. The van der Waals surface area contributed by atoms with Gasteiger partial charge in [0.1, 0.15) is 0 Å². The molecule has 0 aliphatic rings. The largest absolute Gasteiger partial charge is 0.465 e. The van der Waals surface area contributed by atoms with Crippen molar-refractivity contribution in [2.45, 2.75) is 19.8 Å². The van der Waals surface area contributed by atoms with Crippen LogP contribution in [0, 0.1) is 0 Å². The number of hydrogen-bond acceptors (Lipinski definition) is 4. The highest BCUT2D eigenvalue weighted by molar-refractivity contribution is 7.90. The molecule has 0 atom stereocenters. The second kappa shape index (κ2) is 7.25. The molecular formula is C13H20N2O4S. The van der Waals surface area contributed by atoms with E-state index in [4.69, 9.17) is 0 Å². The summed E-state index contributed by atoms with van der Waals surface area (Å²) in [6.45, 7) is 2.46. The second-order valence-corrected chi connectivity index (χ2v) is 6.13. The Morgan fingerprint density at radius 3 is 2.40 bits per heavy atom. The Morgan fingerprint density at radius 2 is 1.90 bits per heavy atom. The van der Waals surface area contributed by atoms with Crippen molar-refractivity contribution in [3.05, 3.63) is 29.8 Å². The highest BCUT2D eigenvalue weighted by Gasteiger charge is 2.17. The number of nitrogens with zero attached hydrogens (tertiary/aromatic N) is 1. The first kappa shape index (κ1) is 16.5. The zero-order chi connectivity index (χ0) is 15.2. The maximum Gasteiger partial charge on any atom is 0.337 e. The molecule has 0 aliphatic heterocycles. The summed E-state index contributed by atoms with van der Waals surface area (Å²) < 4.78 is 32.3. The van der Waals surface area contributed by atoms with Gasteiger partial charge in [-0.1, -0.05) is 13.3 Å². The van der Waals surface area contributed by atoms with Crippen molar-refractivity contribution in [1.29, 1.82) is 0 Å². The number of esters is 1. The Balaban J connectivity index is 2.75. The highest BCUT2D eigenvalue weighted by Crippen LogP contribution is 2.13. The summed E-state index contributed by atoms with van der Waals surface area (Å²) in [5.74, 6) is -0.459. The van der Waals surface area contributed by atoms with Gasteiger partial charge < -0.3 is 4.74 Å². The number of benzene rings is 1. The van der Waals surface area contributed by atoms with Gasteiger partial charge in [0.15, 0.2) is 0 Å². The first-order valence-electron chi connectivity index (χ1n) is 6.33. The van der Waals surface area contributed by atoms with Crippen LogP contribution in [-0.4, -0.2) is 39.4 Å². The van der Waals surface area contributed by atoms with E-state index < -0.39 is 16.2 Å². The minimum Gasteiger partial charge on any atom is -0.465 e. The molecule has 0 spiro atoms. The van der Waals surface area contributed by atoms with Crippen molar-refractivity contribution in [3.8, 4) is 0 Å². The average Bonchev–Trinajstić information content (AvgIpc) is 2.44. The molecule has 0 bridgehead atoms. The molecule has 1 N–H and O–H groups in total. The van der Waals surface area contributed by atoms with E-state index in [2.05, 4.69) is 9.46 Å². The van der Waals surface area contributed by atoms with E-state index in [9.17, 15) is 13.2 Å². The molecule has 7 heteroatoms. The molecule has 0 heterocycles. The van der Waals surface area contributed by atoms with Crippen molar-refractivity contribution < 1.29 is 17.9 Å². The number of hydrogen-bond donors (Lipinski definition) is 1. The minimum absolute atomic E-state index is 0.370. The summed E-state index contributed by atoms with van der Waals surface area (Å²) in [5.41, 5.74) is 0.774. The quantitative estimate of drug-likeness (QED) is 0.780. The molecule has 0 saturated heterocycles. The normalized spacial score (nSPS) is 11.4. The Kier molecular flexibility index (Phi) is 5.97. The molecule has 0 amide bonds. The van der Waals surface area contributed by atoms with Crippen LogP contribution in [0.1, 0.15) is 30.1 Å². The van der Waals surface area contributed by atoms with Gasteiger partial charge in [-0.3, -0.25) is 4.72 Å². The number of anilines is 1. The van der Waals surface area contributed by atoms with Crippen molar-refractivity contribution in [3.63, 3.8) is 0 Å². The summed E-state index contributed by atoms with van der Waals surface area (Å²) in [6, 6.07) is 6.07. The molecule has 1 rings (SSSR count). The summed E-state index contributed by atoms with van der Waals surface area (Å²) in [6.07, 6.45) is 1.73. The van der Waals surface area contributed by atoms with Gasteiger partial charge in [-0.05, 0) is 30.7 Å². The smallest absolute Gasteiger partial charge is 0.337 e. The molecule has 0 fully saturated rings. The van der Waals surface area contributed by atoms with Crippen LogP contribution >= 0.6 is 0 Å². The Labute approximate surface area is 119 Å². The van der Waals surface area contributed by atoms with Gasteiger partial charge in [-0.25, -0.2) is 4.79 Å². The number of ether oxygens (including phenoxy) is 1. The minimum atomic E-state index is -3.56. The van der Waals surface area contributed by atoms with Gasteiger partial charge in [0.25, 0.3) is 0 Å². The van der Waals surface area contributed by atoms with Crippen LogP contribution in [0.4, 0.5) is 5.69 Å². The maximum absolute atomic E-state index is 12.0. The molecule has 0 saturated carbocycles. The van der Waals surface area contributed by atoms with Crippen LogP contribution in [0.5, 0.6) is 0 Å². The number of unbranched alkanes of at least 4 members (excludes halogenated alkanes) is 1. The predicted octanol–water partition coefficient (Wildman–Crippen LogP) is 1.86. The summed E-state index contributed by atoms with van der Waals surface area (Å²) in [4.78, 5) is 11.3. The van der Waals surface area contributed by atoms with E-state index in [0.29, 0.717) is 17.8 Å². The van der Waals surface area contributed by atoms with Crippen LogP contribution in [0.15, 0.2) is 24.3 Å². The molecule has 1 aromatic carbocycles. The highest BCUT2D eigenvalue weighted by atomic mass is 32.2. The average molecular weight is 300 g/mol. The number of nitrogens with one attached hydrogen (secondary N) is 1. The topological polar surface area (TPSA) is 75.7 Å². The van der Waals surface area contributed by atoms with Crippen molar-refractivity contribution in [2.75, 3.05) is 25.4 Å². The van der Waals surface area contributed by atoms with Gasteiger partial charge in [0.2, 0.25) is 0 Å². The third-order valence-corrected chi connectivity index (χ3v) is 4.29. The SMILES string of the molecule is CCCCN(C)S(=O)(=O)Nc1ccc(C(=O)OC)cc1. The lowest BCUT2D eigenvalue weighted by molar-refractivity contribution is 0.0601. The fraction of sp³-hybridized carbons (Fsp3) is 0.462. The number of carbonyl (C=O) groups excluding carboxylic acids is 1. The second-order valence-electron chi connectivity index (χ2n) is 4.35. The molecular weight excluding hydrogens is 280 g/mol. The fourth-order valence-corrected chi connectivity index (χ4v) is 2.48. The van der Waals surface area contributed by atoms with Crippen LogP contribution in [0.3, 0.4) is 0 Å². The van der Waals surface area contributed by atoms with E-state index in [-0.39, 0.29) is 0 Å². The van der Waals surface area contributed by atoms with Gasteiger partial charge in [-0.15, -0.1) is 0 Å². The molecule has 20 heavy (non-hydrogen) atoms. The van der Waals surface area contributed by atoms with Crippen molar-refractivity contribution in [2.24, 2.45) is 0 Å².